The van der Waals surface area contributed by atoms with E-state index in [-0.39, 0.29) is 22.7 Å². The summed E-state index contributed by atoms with van der Waals surface area (Å²) < 4.78 is 25.3. The molecule has 0 saturated carbocycles. The summed E-state index contributed by atoms with van der Waals surface area (Å²) in [4.78, 5) is 30.1. The standard InChI is InChI=1S/C26H17FN6O4/c1-15-23-20(11-21(30-25(23)37-32-15)16-7-9-18(27)10-8-16)26(35)36-14-22(34)31-24-17(12-28)13-29-33(24)19-5-3-2-4-6-19/h2-11,13H,14H2,1H3,(H,31,34). The van der Waals surface area contributed by atoms with E-state index >= 15 is 0 Å². The molecule has 1 N–H and O–H groups in total. The summed E-state index contributed by atoms with van der Waals surface area (Å²) in [5, 5.41) is 20.4. The van der Waals surface area contributed by atoms with Crippen molar-refractivity contribution < 1.29 is 23.2 Å². The van der Waals surface area contributed by atoms with Crippen molar-refractivity contribution in [3.8, 4) is 23.0 Å². The fourth-order valence-electron chi connectivity index (χ4n) is 3.72. The molecule has 2 aromatic carbocycles. The van der Waals surface area contributed by atoms with Crippen molar-refractivity contribution >= 4 is 28.8 Å². The molecule has 5 rings (SSSR count). The number of nitrogens with zero attached hydrogens (tertiary/aromatic N) is 5. The van der Waals surface area contributed by atoms with Crippen molar-refractivity contribution in [2.45, 2.75) is 6.92 Å². The maximum Gasteiger partial charge on any atom is 0.339 e. The fourth-order valence-corrected chi connectivity index (χ4v) is 3.72. The Morgan fingerprint density at radius 1 is 1.16 bits per heavy atom. The molecular weight excluding hydrogens is 479 g/mol. The number of benzene rings is 2. The minimum absolute atomic E-state index is 0.0860. The molecule has 0 unspecified atom stereocenters. The van der Waals surface area contributed by atoms with E-state index in [1.807, 2.05) is 12.1 Å². The molecule has 37 heavy (non-hydrogen) atoms. The van der Waals surface area contributed by atoms with Gasteiger partial charge in [0.05, 0.1) is 34.2 Å². The van der Waals surface area contributed by atoms with Crippen LogP contribution in [-0.4, -0.2) is 38.4 Å². The lowest BCUT2D eigenvalue weighted by atomic mass is 10.1. The monoisotopic (exact) mass is 496 g/mol. The first kappa shape index (κ1) is 23.4. The van der Waals surface area contributed by atoms with Gasteiger partial charge in [-0.1, -0.05) is 23.4 Å². The van der Waals surface area contributed by atoms with Gasteiger partial charge in [0.2, 0.25) is 0 Å². The smallest absolute Gasteiger partial charge is 0.339 e. The van der Waals surface area contributed by atoms with Crippen LogP contribution in [0.1, 0.15) is 21.6 Å². The first-order chi connectivity index (χ1) is 17.9. The van der Waals surface area contributed by atoms with Crippen molar-refractivity contribution in [2.24, 2.45) is 0 Å². The molecule has 0 atom stereocenters. The van der Waals surface area contributed by atoms with E-state index in [1.165, 1.54) is 41.2 Å². The number of aryl methyl sites for hydroxylation is 1. The number of para-hydroxylation sites is 1. The average molecular weight is 496 g/mol. The topological polar surface area (TPSA) is 136 Å². The summed E-state index contributed by atoms with van der Waals surface area (Å²) in [6.45, 7) is 1.01. The molecule has 0 aliphatic heterocycles. The predicted molar refractivity (Wildman–Crippen MR) is 129 cm³/mol. The van der Waals surface area contributed by atoms with Gasteiger partial charge in [-0.3, -0.25) is 4.79 Å². The molecule has 182 valence electrons. The van der Waals surface area contributed by atoms with Crippen LogP contribution in [-0.2, 0) is 9.53 Å². The molecule has 0 radical (unpaired) electrons. The van der Waals surface area contributed by atoms with Crippen molar-refractivity contribution in [3.63, 3.8) is 0 Å². The van der Waals surface area contributed by atoms with Gasteiger partial charge in [0.15, 0.2) is 12.4 Å². The number of carbonyl (C=O) groups excluding carboxylic acids is 2. The molecule has 3 heterocycles. The highest BCUT2D eigenvalue weighted by Crippen LogP contribution is 2.28. The molecule has 0 fully saturated rings. The lowest BCUT2D eigenvalue weighted by Gasteiger charge is -2.10. The number of hydrogen-bond acceptors (Lipinski definition) is 8. The van der Waals surface area contributed by atoms with Crippen LogP contribution in [0, 0.1) is 24.1 Å². The van der Waals surface area contributed by atoms with Crippen LogP contribution >= 0.6 is 0 Å². The summed E-state index contributed by atoms with van der Waals surface area (Å²) in [6, 6.07) is 17.9. The highest BCUT2D eigenvalue weighted by Gasteiger charge is 2.22. The highest BCUT2D eigenvalue weighted by atomic mass is 19.1. The normalized spacial score (nSPS) is 10.7. The second kappa shape index (κ2) is 9.71. The molecule has 5 aromatic rings. The van der Waals surface area contributed by atoms with Crippen LogP contribution in [0.3, 0.4) is 0 Å². The number of anilines is 1. The van der Waals surface area contributed by atoms with Gasteiger partial charge < -0.3 is 14.6 Å². The van der Waals surface area contributed by atoms with Crippen molar-refractivity contribution in [1.29, 1.82) is 5.26 Å². The van der Waals surface area contributed by atoms with Crippen LogP contribution in [0.2, 0.25) is 0 Å². The second-order valence-corrected chi connectivity index (χ2v) is 7.90. The SMILES string of the molecule is Cc1noc2nc(-c3ccc(F)cc3)cc(C(=O)OCC(=O)Nc3c(C#N)cnn3-c3ccccc3)c12. The third-order valence-corrected chi connectivity index (χ3v) is 5.46. The number of fused-ring (bicyclic) bond motifs is 1. The summed E-state index contributed by atoms with van der Waals surface area (Å²) in [6.07, 6.45) is 1.33. The van der Waals surface area contributed by atoms with Gasteiger partial charge in [0.25, 0.3) is 11.6 Å². The molecular formula is C26H17FN6O4. The molecule has 0 spiro atoms. The quantitative estimate of drug-likeness (QED) is 0.346. The van der Waals surface area contributed by atoms with Crippen molar-refractivity contribution in [3.05, 3.63) is 89.5 Å². The predicted octanol–water partition coefficient (Wildman–Crippen LogP) is 4.19. The van der Waals surface area contributed by atoms with Crippen molar-refractivity contribution in [1.82, 2.24) is 19.9 Å². The number of ether oxygens (including phenoxy) is 1. The number of esters is 1. The number of rotatable bonds is 6. The number of hydrogen-bond donors (Lipinski definition) is 1. The van der Waals surface area contributed by atoms with Gasteiger partial charge in [0.1, 0.15) is 17.4 Å². The van der Waals surface area contributed by atoms with Crippen LogP contribution in [0.25, 0.3) is 28.0 Å². The lowest BCUT2D eigenvalue weighted by Crippen LogP contribution is -2.23. The molecule has 0 aliphatic rings. The van der Waals surface area contributed by atoms with Crippen LogP contribution in [0.4, 0.5) is 10.2 Å². The molecule has 11 heteroatoms. The summed E-state index contributed by atoms with van der Waals surface area (Å²) >= 11 is 0. The average Bonchev–Trinajstić information content (AvgIpc) is 3.50. The summed E-state index contributed by atoms with van der Waals surface area (Å²) in [5.41, 5.74) is 2.25. The van der Waals surface area contributed by atoms with E-state index in [1.54, 1.807) is 31.2 Å². The zero-order valence-corrected chi connectivity index (χ0v) is 19.3. The van der Waals surface area contributed by atoms with E-state index in [0.717, 1.165) is 0 Å². The second-order valence-electron chi connectivity index (χ2n) is 7.90. The Morgan fingerprint density at radius 3 is 2.65 bits per heavy atom. The number of nitriles is 1. The van der Waals surface area contributed by atoms with E-state index in [9.17, 15) is 19.2 Å². The number of nitrogens with one attached hydrogen (secondary N) is 1. The van der Waals surface area contributed by atoms with E-state index in [2.05, 4.69) is 20.6 Å². The lowest BCUT2D eigenvalue weighted by molar-refractivity contribution is -0.119. The van der Waals surface area contributed by atoms with Gasteiger partial charge in [-0.05, 0) is 49.4 Å². The number of pyridine rings is 1. The fraction of sp³-hybridized carbons (Fsp3) is 0.0769. The Kier molecular flexibility index (Phi) is 6.13. The van der Waals surface area contributed by atoms with Crippen LogP contribution < -0.4 is 5.32 Å². The molecule has 1 amide bonds. The number of amides is 1. The Balaban J connectivity index is 1.38. The number of carbonyl (C=O) groups is 2. The first-order valence-electron chi connectivity index (χ1n) is 11.0. The minimum atomic E-state index is -0.811. The van der Waals surface area contributed by atoms with Crippen LogP contribution in [0.5, 0.6) is 0 Å². The third-order valence-electron chi connectivity index (χ3n) is 5.46. The van der Waals surface area contributed by atoms with E-state index in [0.29, 0.717) is 28.0 Å². The molecule has 10 nitrogen and oxygen atoms in total. The van der Waals surface area contributed by atoms with Gasteiger partial charge in [-0.2, -0.15) is 10.4 Å². The number of aromatic nitrogens is 4. The molecule has 0 bridgehead atoms. The largest absolute Gasteiger partial charge is 0.452 e. The highest BCUT2D eigenvalue weighted by molar-refractivity contribution is 6.05. The zero-order chi connectivity index (χ0) is 25.9. The Labute approximate surface area is 208 Å². The first-order valence-corrected chi connectivity index (χ1v) is 11.0. The Bertz CT molecular complexity index is 1670. The Hall–Kier alpha value is -5.37. The van der Waals surface area contributed by atoms with Gasteiger partial charge in [0, 0.05) is 5.56 Å². The van der Waals surface area contributed by atoms with Crippen LogP contribution in [0.15, 0.2) is 71.4 Å². The van der Waals surface area contributed by atoms with Gasteiger partial charge in [-0.25, -0.2) is 18.9 Å². The van der Waals surface area contributed by atoms with Gasteiger partial charge in [-0.15, -0.1) is 0 Å². The molecule has 3 aromatic heterocycles. The maximum atomic E-state index is 13.4. The third kappa shape index (κ3) is 4.63. The zero-order valence-electron chi connectivity index (χ0n) is 19.3. The Morgan fingerprint density at radius 2 is 1.92 bits per heavy atom. The van der Waals surface area contributed by atoms with E-state index in [4.69, 9.17) is 9.26 Å². The summed E-state index contributed by atoms with van der Waals surface area (Å²) in [5.74, 6) is -1.75. The molecule has 0 saturated heterocycles. The minimum Gasteiger partial charge on any atom is -0.452 e. The van der Waals surface area contributed by atoms with Gasteiger partial charge >= 0.3 is 5.97 Å². The van der Waals surface area contributed by atoms with Crippen molar-refractivity contribution in [2.75, 3.05) is 11.9 Å². The van der Waals surface area contributed by atoms with E-state index < -0.39 is 24.3 Å². The summed E-state index contributed by atoms with van der Waals surface area (Å²) in [7, 11) is 0. The maximum absolute atomic E-state index is 13.4. The number of halogens is 1. The molecule has 0 aliphatic carbocycles.